The summed E-state index contributed by atoms with van der Waals surface area (Å²) in [4.78, 5) is 19.1. The number of hydrogen-bond acceptors (Lipinski definition) is 2. The van der Waals surface area contributed by atoms with E-state index < -0.39 is 11.9 Å². The van der Waals surface area contributed by atoms with Crippen molar-refractivity contribution in [3.8, 4) is 0 Å². The summed E-state index contributed by atoms with van der Waals surface area (Å²) < 4.78 is 0. The molecule has 0 aromatic rings. The minimum absolute atomic E-state index is 0.125. The van der Waals surface area contributed by atoms with Gasteiger partial charge in [-0.25, -0.2) is 9.59 Å². The number of carboxylic acid groups (broad SMARTS) is 2. The van der Waals surface area contributed by atoms with Crippen LogP contribution in [0.25, 0.3) is 0 Å². The van der Waals surface area contributed by atoms with E-state index in [-0.39, 0.29) is 17.1 Å². The average Bonchev–Trinajstić information content (AvgIpc) is 1.85. The van der Waals surface area contributed by atoms with Gasteiger partial charge in [-0.1, -0.05) is 0 Å². The van der Waals surface area contributed by atoms with Crippen LogP contribution in [0.2, 0.25) is 11.0 Å². The van der Waals surface area contributed by atoms with Crippen LogP contribution in [0.3, 0.4) is 0 Å². The van der Waals surface area contributed by atoms with E-state index >= 15 is 0 Å². The second-order valence-corrected chi connectivity index (χ2v) is 4.68. The third-order valence-corrected chi connectivity index (χ3v) is 0.368. The molecule has 5 heteroatoms. The molecule has 2 N–H and O–H groups in total. The number of rotatable bonds is 2. The van der Waals surface area contributed by atoms with Gasteiger partial charge in [0.05, 0.1) is 0 Å². The molecule has 60 valence electrons. The van der Waals surface area contributed by atoms with Crippen LogP contribution in [0.4, 0.5) is 0 Å². The van der Waals surface area contributed by atoms with Gasteiger partial charge in [0.25, 0.3) is 0 Å². The molecule has 0 amide bonds. The molecule has 0 aliphatic heterocycles. The third-order valence-electron chi connectivity index (χ3n) is 0.368. The van der Waals surface area contributed by atoms with E-state index in [1.807, 2.05) is 0 Å². The van der Waals surface area contributed by atoms with E-state index in [0.29, 0.717) is 12.2 Å². The molecular formula is C6H10O4Zn. The molecular weight excluding hydrogens is 201 g/mol. The van der Waals surface area contributed by atoms with E-state index in [0.717, 1.165) is 0 Å². The molecule has 0 saturated heterocycles. The summed E-state index contributed by atoms with van der Waals surface area (Å²) in [5, 5.41) is 15.6. The summed E-state index contributed by atoms with van der Waals surface area (Å²) in [5.74, 6) is -2.51. The Morgan fingerprint density at radius 3 is 1.36 bits per heavy atom. The Morgan fingerprint density at radius 2 is 1.27 bits per heavy atom. The number of carboxylic acids is 2. The molecule has 0 bridgehead atoms. The van der Waals surface area contributed by atoms with Crippen molar-refractivity contribution in [2.75, 3.05) is 0 Å². The van der Waals surface area contributed by atoms with Crippen molar-refractivity contribution in [3.05, 3.63) is 12.2 Å². The molecule has 0 unspecified atom stereocenters. The Kier molecular flexibility index (Phi) is 10.9. The van der Waals surface area contributed by atoms with Crippen molar-refractivity contribution in [1.82, 2.24) is 0 Å². The number of carbonyl (C=O) groups is 2. The van der Waals surface area contributed by atoms with E-state index in [2.05, 4.69) is 11.0 Å². The average molecular weight is 212 g/mol. The summed E-state index contributed by atoms with van der Waals surface area (Å²) in [5.41, 5.74) is 4.62. The van der Waals surface area contributed by atoms with Crippen LogP contribution in [-0.2, 0) is 26.7 Å². The van der Waals surface area contributed by atoms with Gasteiger partial charge in [-0.2, -0.15) is 0 Å². The summed E-state index contributed by atoms with van der Waals surface area (Å²) >= 11 is 0.125. The van der Waals surface area contributed by atoms with Crippen molar-refractivity contribution in [3.63, 3.8) is 0 Å². The Morgan fingerprint density at radius 1 is 1.09 bits per heavy atom. The van der Waals surface area contributed by atoms with Crippen molar-refractivity contribution < 1.29 is 36.9 Å². The molecule has 0 spiro atoms. The number of hydrogen-bond donors (Lipinski definition) is 2. The topological polar surface area (TPSA) is 74.6 Å². The van der Waals surface area contributed by atoms with Crippen molar-refractivity contribution in [2.45, 2.75) is 11.0 Å². The van der Waals surface area contributed by atoms with Crippen LogP contribution in [0.15, 0.2) is 12.2 Å². The van der Waals surface area contributed by atoms with Gasteiger partial charge in [0.15, 0.2) is 0 Å². The monoisotopic (exact) mass is 210 g/mol. The summed E-state index contributed by atoms with van der Waals surface area (Å²) in [6, 6.07) is 0. The second-order valence-electron chi connectivity index (χ2n) is 1.72. The first-order valence-corrected chi connectivity index (χ1v) is 9.11. The Labute approximate surface area is 72.5 Å². The second kappa shape index (κ2) is 9.30. The van der Waals surface area contributed by atoms with Gasteiger partial charge in [0.1, 0.15) is 0 Å². The van der Waals surface area contributed by atoms with E-state index in [1.165, 1.54) is 0 Å². The van der Waals surface area contributed by atoms with Gasteiger partial charge in [-0.05, 0) is 0 Å². The Hall–Kier alpha value is -0.697. The zero-order chi connectivity index (χ0) is 9.28. The molecule has 0 atom stereocenters. The Bertz CT molecular complexity index is 137. The molecule has 0 heterocycles. The molecule has 0 aromatic heterocycles. The summed E-state index contributed by atoms with van der Waals surface area (Å²) in [6.45, 7) is 0. The maximum atomic E-state index is 9.55. The number of aliphatic carboxylic acids is 2. The van der Waals surface area contributed by atoms with Crippen molar-refractivity contribution >= 4 is 11.9 Å². The van der Waals surface area contributed by atoms with Crippen molar-refractivity contribution in [1.29, 1.82) is 0 Å². The fraction of sp³-hybridized carbons (Fsp3) is 0.333. The van der Waals surface area contributed by atoms with Crippen LogP contribution in [0, 0.1) is 0 Å². The predicted molar refractivity (Wildman–Crippen MR) is 36.1 cm³/mol. The Balaban J connectivity index is 0. The molecule has 0 aliphatic rings. The van der Waals surface area contributed by atoms with E-state index in [4.69, 9.17) is 10.2 Å². The third kappa shape index (κ3) is 26.8. The molecule has 11 heavy (non-hydrogen) atoms. The maximum absolute atomic E-state index is 9.55. The van der Waals surface area contributed by atoms with Gasteiger partial charge in [0.2, 0.25) is 0 Å². The quantitative estimate of drug-likeness (QED) is 0.525. The first-order chi connectivity index (χ1) is 5.04. The molecule has 0 radical (unpaired) electrons. The molecule has 0 fully saturated rings. The van der Waals surface area contributed by atoms with Gasteiger partial charge >= 0.3 is 40.1 Å². The molecule has 0 saturated carbocycles. The van der Waals surface area contributed by atoms with Crippen LogP contribution in [0.5, 0.6) is 0 Å². The summed E-state index contributed by atoms with van der Waals surface area (Å²) in [7, 11) is 0. The fourth-order valence-corrected chi connectivity index (χ4v) is 0.143. The van der Waals surface area contributed by atoms with Crippen LogP contribution in [-0.4, -0.2) is 22.2 Å². The van der Waals surface area contributed by atoms with Crippen LogP contribution in [0.1, 0.15) is 0 Å². The zero-order valence-electron chi connectivity index (χ0n) is 6.57. The van der Waals surface area contributed by atoms with E-state index in [9.17, 15) is 9.59 Å². The zero-order valence-corrected chi connectivity index (χ0v) is 9.54. The fourth-order valence-electron chi connectivity index (χ4n) is 0.143. The minimum atomic E-state index is -1.26. The van der Waals surface area contributed by atoms with Gasteiger partial charge in [-0.3, -0.25) is 0 Å². The standard InChI is InChI=1S/C4H4O4.2CH3.Zn/c5-3(6)1-2-4(7)8;;;/h1-2H,(H,5,6)(H,7,8);2*1H3;/b2-1+;;;. The molecule has 0 rings (SSSR count). The van der Waals surface area contributed by atoms with Crippen molar-refractivity contribution in [2.24, 2.45) is 0 Å². The predicted octanol–water partition coefficient (Wildman–Crippen LogP) is 0.877. The van der Waals surface area contributed by atoms with Gasteiger partial charge < -0.3 is 10.2 Å². The van der Waals surface area contributed by atoms with Crippen LogP contribution >= 0.6 is 0 Å². The van der Waals surface area contributed by atoms with Gasteiger partial charge in [-0.15, -0.1) is 0 Å². The molecule has 0 aromatic carbocycles. The molecule has 0 aliphatic carbocycles. The summed E-state index contributed by atoms with van der Waals surface area (Å²) in [6.07, 6.45) is 1.12. The normalized spacial score (nSPS) is 7.82. The SMILES string of the molecule is O=C(O)/C=C/C(=O)O.[CH3][Zn][CH3]. The van der Waals surface area contributed by atoms with Gasteiger partial charge in [0, 0.05) is 12.2 Å². The first kappa shape index (κ1) is 12.9. The van der Waals surface area contributed by atoms with Crippen LogP contribution < -0.4 is 0 Å². The van der Waals surface area contributed by atoms with E-state index in [1.54, 1.807) is 0 Å². The first-order valence-electron chi connectivity index (χ1n) is 3.18. The molecule has 4 nitrogen and oxygen atoms in total.